The van der Waals surface area contributed by atoms with E-state index in [9.17, 15) is 0 Å². The summed E-state index contributed by atoms with van der Waals surface area (Å²) in [5, 5.41) is 2.22. The third-order valence-electron chi connectivity index (χ3n) is 12.8. The molecule has 0 saturated heterocycles. The zero-order valence-electron chi connectivity index (χ0n) is 34.9. The lowest BCUT2D eigenvalue weighted by Crippen LogP contribution is -2.34. The number of benzene rings is 10. The molecule has 11 aromatic rings. The van der Waals surface area contributed by atoms with Gasteiger partial charge in [-0.15, -0.1) is 0 Å². The molecule has 0 radical (unpaired) electrons. The van der Waals surface area contributed by atoms with Crippen molar-refractivity contribution in [2.45, 2.75) is 5.41 Å². The Kier molecular flexibility index (Phi) is 9.05. The lowest BCUT2D eigenvalue weighted by Gasteiger charge is -2.42. The molecule has 0 N–H and O–H groups in total. The summed E-state index contributed by atoms with van der Waals surface area (Å²) in [7, 11) is 0. The third-order valence-corrected chi connectivity index (χ3v) is 12.8. The van der Waals surface area contributed by atoms with Crippen molar-refractivity contribution in [3.05, 3.63) is 271 Å². The van der Waals surface area contributed by atoms with Crippen LogP contribution in [0.4, 0.5) is 17.1 Å². The maximum atomic E-state index is 6.83. The molecule has 1 aliphatic rings. The van der Waals surface area contributed by atoms with E-state index in [4.69, 9.17) is 9.15 Å². The van der Waals surface area contributed by atoms with Crippen LogP contribution < -0.4 is 9.64 Å². The lowest BCUT2D eigenvalue weighted by atomic mass is 9.63. The molecule has 1 aromatic heterocycles. The van der Waals surface area contributed by atoms with E-state index in [0.29, 0.717) is 0 Å². The second kappa shape index (κ2) is 15.5. The highest BCUT2D eigenvalue weighted by atomic mass is 16.5. The van der Waals surface area contributed by atoms with Crippen molar-refractivity contribution in [2.75, 3.05) is 4.90 Å². The highest BCUT2D eigenvalue weighted by molar-refractivity contribution is 6.13. The second-order valence-corrected chi connectivity index (χ2v) is 16.4. The fraction of sp³-hybridized carbons (Fsp3) is 0.0164. The van der Waals surface area contributed by atoms with Crippen molar-refractivity contribution in [1.29, 1.82) is 0 Å². The maximum absolute atomic E-state index is 6.83. The average molecular weight is 820 g/mol. The molecule has 3 nitrogen and oxygen atoms in total. The van der Waals surface area contributed by atoms with Gasteiger partial charge in [-0.1, -0.05) is 200 Å². The highest BCUT2D eigenvalue weighted by Crippen LogP contribution is 2.56. The molecule has 64 heavy (non-hydrogen) atoms. The molecule has 3 heteroatoms. The standard InChI is InChI=1S/C61H41NO2/c1-4-17-42(18-5-1)43-33-37-48(38-34-43)62(49-39-35-45(36-40-49)52-26-16-28-54-53-27-15-25-51(59(53)64-60(52)54)44-19-6-2-7-20-44)50-24-14-23-47(41-50)61(46-21-8-3-9-22-46)55-29-10-12-31-57(55)63-58-32-13-11-30-56(58)61/h1-41H. The van der Waals surface area contributed by atoms with E-state index in [2.05, 4.69) is 248 Å². The van der Waals surface area contributed by atoms with Crippen LogP contribution in [0.25, 0.3) is 55.3 Å². The van der Waals surface area contributed by atoms with Crippen molar-refractivity contribution >= 4 is 39.0 Å². The predicted molar refractivity (Wildman–Crippen MR) is 263 cm³/mol. The van der Waals surface area contributed by atoms with Gasteiger partial charge < -0.3 is 14.1 Å². The molecule has 2 heterocycles. The third kappa shape index (κ3) is 6.13. The predicted octanol–water partition coefficient (Wildman–Crippen LogP) is 16.5. The maximum Gasteiger partial charge on any atom is 0.143 e. The number of hydrogen-bond acceptors (Lipinski definition) is 3. The van der Waals surface area contributed by atoms with E-state index in [-0.39, 0.29) is 0 Å². The fourth-order valence-electron chi connectivity index (χ4n) is 9.91. The zero-order chi connectivity index (χ0) is 42.5. The quantitative estimate of drug-likeness (QED) is 0.153. The van der Waals surface area contributed by atoms with Crippen LogP contribution in [0.3, 0.4) is 0 Å². The van der Waals surface area contributed by atoms with Crippen LogP contribution >= 0.6 is 0 Å². The van der Waals surface area contributed by atoms with Crippen molar-refractivity contribution in [3.8, 4) is 44.9 Å². The Bertz CT molecular complexity index is 3400. The van der Waals surface area contributed by atoms with Gasteiger partial charge >= 0.3 is 0 Å². The molecule has 0 fully saturated rings. The number of nitrogens with zero attached hydrogens (tertiary/aromatic N) is 1. The summed E-state index contributed by atoms with van der Waals surface area (Å²) >= 11 is 0. The number of ether oxygens (including phenoxy) is 1. The second-order valence-electron chi connectivity index (χ2n) is 16.4. The molecule has 0 atom stereocenters. The van der Waals surface area contributed by atoms with Gasteiger partial charge in [-0.05, 0) is 81.9 Å². The molecule has 1 aliphatic heterocycles. The summed E-state index contributed by atoms with van der Waals surface area (Å²) < 4.78 is 13.5. The highest BCUT2D eigenvalue weighted by Gasteiger charge is 2.45. The molecule has 0 aliphatic carbocycles. The molecule has 0 spiro atoms. The Morgan fingerprint density at radius 1 is 0.312 bits per heavy atom. The molecule has 0 unspecified atom stereocenters. The monoisotopic (exact) mass is 819 g/mol. The normalized spacial score (nSPS) is 12.6. The summed E-state index contributed by atoms with van der Waals surface area (Å²) in [4.78, 5) is 2.37. The van der Waals surface area contributed by atoms with E-state index in [1.807, 2.05) is 6.07 Å². The number of rotatable bonds is 8. The summed E-state index contributed by atoms with van der Waals surface area (Å²) in [5.41, 5.74) is 15.5. The van der Waals surface area contributed by atoms with Crippen LogP contribution in [0.15, 0.2) is 253 Å². The van der Waals surface area contributed by atoms with Crippen molar-refractivity contribution in [1.82, 2.24) is 0 Å². The molecule has 10 aromatic carbocycles. The van der Waals surface area contributed by atoms with Crippen LogP contribution in [0.2, 0.25) is 0 Å². The van der Waals surface area contributed by atoms with Gasteiger partial charge in [0.05, 0.1) is 5.41 Å². The molecule has 0 amide bonds. The lowest BCUT2D eigenvalue weighted by molar-refractivity contribution is 0.434. The Balaban J connectivity index is 1.02. The van der Waals surface area contributed by atoms with Crippen LogP contribution in [-0.4, -0.2) is 0 Å². The van der Waals surface area contributed by atoms with Crippen molar-refractivity contribution < 1.29 is 9.15 Å². The van der Waals surface area contributed by atoms with Gasteiger partial charge in [0.1, 0.15) is 22.7 Å². The minimum atomic E-state index is -0.652. The summed E-state index contributed by atoms with van der Waals surface area (Å²) in [6.45, 7) is 0. The SMILES string of the molecule is c1ccc(-c2ccc(N(c3ccc(-c4cccc5c4oc4c(-c6ccccc6)cccc45)cc3)c3cccc(C4(c5ccccc5)c5ccccc5Oc5ccccc54)c3)cc2)cc1. The first-order valence-corrected chi connectivity index (χ1v) is 21.8. The topological polar surface area (TPSA) is 25.6 Å². The minimum absolute atomic E-state index is 0.652. The Morgan fingerprint density at radius 2 is 0.750 bits per heavy atom. The van der Waals surface area contributed by atoms with Crippen LogP contribution in [0.1, 0.15) is 22.3 Å². The first kappa shape index (κ1) is 37.4. The first-order valence-electron chi connectivity index (χ1n) is 21.8. The van der Waals surface area contributed by atoms with E-state index < -0.39 is 5.41 Å². The summed E-state index contributed by atoms with van der Waals surface area (Å²) in [5.74, 6) is 1.71. The number of para-hydroxylation sites is 4. The van der Waals surface area contributed by atoms with Gasteiger partial charge in [-0.25, -0.2) is 0 Å². The summed E-state index contributed by atoms with van der Waals surface area (Å²) in [6.07, 6.45) is 0. The van der Waals surface area contributed by atoms with Crippen LogP contribution in [0, 0.1) is 0 Å². The van der Waals surface area contributed by atoms with Crippen molar-refractivity contribution in [2.24, 2.45) is 0 Å². The van der Waals surface area contributed by atoms with E-state index in [0.717, 1.165) is 89.4 Å². The van der Waals surface area contributed by atoms with E-state index in [1.54, 1.807) is 0 Å². The summed E-state index contributed by atoms with van der Waals surface area (Å²) in [6, 6.07) is 88.6. The van der Waals surface area contributed by atoms with Gasteiger partial charge in [0.25, 0.3) is 0 Å². The number of anilines is 3. The first-order chi connectivity index (χ1) is 31.7. The Hall–Kier alpha value is -8.40. The largest absolute Gasteiger partial charge is 0.457 e. The smallest absolute Gasteiger partial charge is 0.143 e. The minimum Gasteiger partial charge on any atom is -0.457 e. The van der Waals surface area contributed by atoms with Gasteiger partial charge in [0.15, 0.2) is 0 Å². The molecule has 0 bridgehead atoms. The molecule has 12 rings (SSSR count). The van der Waals surface area contributed by atoms with Gasteiger partial charge in [-0.3, -0.25) is 0 Å². The van der Waals surface area contributed by atoms with Crippen LogP contribution in [0.5, 0.6) is 11.5 Å². The van der Waals surface area contributed by atoms with E-state index >= 15 is 0 Å². The fourth-order valence-corrected chi connectivity index (χ4v) is 9.91. The van der Waals surface area contributed by atoms with Gasteiger partial charge in [0.2, 0.25) is 0 Å². The Labute approximate surface area is 372 Å². The molecular formula is C61H41NO2. The number of hydrogen-bond donors (Lipinski definition) is 0. The number of fused-ring (bicyclic) bond motifs is 5. The zero-order valence-corrected chi connectivity index (χ0v) is 34.9. The molecule has 302 valence electrons. The number of furan rings is 1. The molecular weight excluding hydrogens is 779 g/mol. The molecule has 0 saturated carbocycles. The van der Waals surface area contributed by atoms with Crippen LogP contribution in [-0.2, 0) is 5.41 Å². The van der Waals surface area contributed by atoms with E-state index in [1.165, 1.54) is 16.7 Å². The Morgan fingerprint density at radius 3 is 1.33 bits per heavy atom. The van der Waals surface area contributed by atoms with Crippen molar-refractivity contribution in [3.63, 3.8) is 0 Å². The van der Waals surface area contributed by atoms with Gasteiger partial charge in [-0.2, -0.15) is 0 Å². The average Bonchev–Trinajstić information content (AvgIpc) is 3.76. The van der Waals surface area contributed by atoms with Gasteiger partial charge in [0, 0.05) is 50.1 Å².